The number of cyclic esters (lactones) is 3. The first kappa shape index (κ1) is 47.9. The normalized spacial score (nSPS) is 23.0. The van der Waals surface area contributed by atoms with Crippen molar-refractivity contribution in [3.8, 4) is 0 Å². The van der Waals surface area contributed by atoms with E-state index < -0.39 is 89.8 Å². The van der Waals surface area contributed by atoms with Gasteiger partial charge in [0.05, 0.1) is 0 Å². The summed E-state index contributed by atoms with van der Waals surface area (Å²) in [5.41, 5.74) is 2.16. The highest BCUT2D eigenvalue weighted by Crippen LogP contribution is 2.24. The molecular formula is C47H63N3O9. The first-order chi connectivity index (χ1) is 28.0. The van der Waals surface area contributed by atoms with Crippen molar-refractivity contribution in [2.75, 3.05) is 21.1 Å². The Bertz CT molecular complexity index is 1620. The van der Waals surface area contributed by atoms with Crippen molar-refractivity contribution in [3.63, 3.8) is 0 Å². The highest BCUT2D eigenvalue weighted by atomic mass is 16.6. The summed E-state index contributed by atoms with van der Waals surface area (Å²) in [5.74, 6) is -6.18. The zero-order chi connectivity index (χ0) is 44.0. The summed E-state index contributed by atoms with van der Waals surface area (Å²) in [6, 6.07) is 23.4. The molecule has 1 aliphatic rings. The fourth-order valence-corrected chi connectivity index (χ4v) is 6.74. The fourth-order valence-electron chi connectivity index (χ4n) is 6.74. The molecule has 2 unspecified atom stereocenters. The highest BCUT2D eigenvalue weighted by molar-refractivity contribution is 5.94. The molecule has 12 heteroatoms. The smallest absolute Gasteiger partial charge is 0.329 e. The van der Waals surface area contributed by atoms with E-state index in [4.69, 9.17) is 14.2 Å². The molecule has 4 rings (SSSR count). The summed E-state index contributed by atoms with van der Waals surface area (Å²) >= 11 is 0. The van der Waals surface area contributed by atoms with Gasteiger partial charge in [-0.25, -0.2) is 14.4 Å². The van der Waals surface area contributed by atoms with E-state index in [2.05, 4.69) is 0 Å². The number of ether oxygens (including phenoxy) is 3. The molecule has 1 heterocycles. The summed E-state index contributed by atoms with van der Waals surface area (Å²) in [6.07, 6.45) is -3.99. The quantitative estimate of drug-likeness (QED) is 0.190. The molecular weight excluding hydrogens is 751 g/mol. The van der Waals surface area contributed by atoms with Crippen molar-refractivity contribution < 1.29 is 43.0 Å². The molecule has 0 aliphatic carbocycles. The standard InChI is InChI=1S/C45H57N3O9.C2H6/c1-28(2)37-40(49)46(7)35(26-32-21-15-11-16-22-32)44(53)56-39(30(5)6)42(51)48(9)36(27-33-23-17-12-18-24-33)45(54)57-38(29(3)4)41(50)47(8)34(43(52)55-37)25-31-19-13-10-14-20-31;1-2/h10-24,28-30,34-39H,25-27H2,1-9H3;1-2H3/t34-,35-,36-,37+,38?,39?;/m0./s1. The third-order valence-corrected chi connectivity index (χ3v) is 10.4. The highest BCUT2D eigenvalue weighted by Gasteiger charge is 2.44. The molecule has 0 spiro atoms. The Hall–Kier alpha value is -5.52. The van der Waals surface area contributed by atoms with Gasteiger partial charge >= 0.3 is 17.9 Å². The number of amides is 3. The maximum absolute atomic E-state index is 14.4. The van der Waals surface area contributed by atoms with Gasteiger partial charge in [-0.3, -0.25) is 14.4 Å². The van der Waals surface area contributed by atoms with Crippen LogP contribution in [0.15, 0.2) is 91.0 Å². The van der Waals surface area contributed by atoms with E-state index in [1.165, 1.54) is 35.8 Å². The largest absolute Gasteiger partial charge is 0.450 e. The van der Waals surface area contributed by atoms with E-state index in [0.29, 0.717) is 0 Å². The van der Waals surface area contributed by atoms with E-state index in [0.717, 1.165) is 16.7 Å². The molecule has 0 bridgehead atoms. The average molecular weight is 814 g/mol. The van der Waals surface area contributed by atoms with E-state index in [-0.39, 0.29) is 19.3 Å². The Morgan fingerprint density at radius 1 is 0.407 bits per heavy atom. The van der Waals surface area contributed by atoms with Crippen LogP contribution >= 0.6 is 0 Å². The Balaban J connectivity index is 0.00000458. The van der Waals surface area contributed by atoms with Gasteiger partial charge in [-0.15, -0.1) is 0 Å². The molecule has 0 saturated carbocycles. The van der Waals surface area contributed by atoms with Crippen LogP contribution in [0.3, 0.4) is 0 Å². The third-order valence-electron chi connectivity index (χ3n) is 10.4. The minimum atomic E-state index is -1.36. The van der Waals surface area contributed by atoms with Gasteiger partial charge in [0, 0.05) is 40.4 Å². The van der Waals surface area contributed by atoms with Gasteiger partial charge in [0.25, 0.3) is 17.7 Å². The van der Waals surface area contributed by atoms with E-state index in [9.17, 15) is 28.8 Å². The summed E-state index contributed by atoms with van der Waals surface area (Å²) in [4.78, 5) is 89.9. The molecule has 3 aromatic rings. The van der Waals surface area contributed by atoms with Crippen molar-refractivity contribution in [2.24, 2.45) is 17.8 Å². The molecule has 59 heavy (non-hydrogen) atoms. The zero-order valence-corrected chi connectivity index (χ0v) is 36.5. The molecule has 1 fully saturated rings. The lowest BCUT2D eigenvalue weighted by molar-refractivity contribution is -0.179. The number of carbonyl (C=O) groups excluding carboxylic acids is 6. The number of hydrogen-bond donors (Lipinski definition) is 0. The summed E-state index contributed by atoms with van der Waals surface area (Å²) in [6.45, 7) is 14.3. The Kier molecular flexibility index (Phi) is 18.3. The number of likely N-dealkylation sites (N-methyl/N-ethyl adjacent to an activating group) is 3. The van der Waals surface area contributed by atoms with Crippen LogP contribution in [-0.4, -0.2) is 108 Å². The van der Waals surface area contributed by atoms with Gasteiger partial charge in [0.2, 0.25) is 0 Å². The SMILES string of the molecule is CC.CC(C)C1OC(=O)[C@H](Cc2ccccc2)N(C)C(=O)C(C(C)C)OC(=O)[C@H](Cc2ccccc2)N(C)C(=O)[C@@H](C(C)C)OC(=O)[C@H](Cc2ccccc2)N(C)C1=O. The number of benzene rings is 3. The van der Waals surface area contributed by atoms with E-state index in [1.54, 1.807) is 114 Å². The van der Waals surface area contributed by atoms with E-state index in [1.807, 2.05) is 32.0 Å². The molecule has 320 valence electrons. The lowest BCUT2D eigenvalue weighted by atomic mass is 9.99. The van der Waals surface area contributed by atoms with Crippen molar-refractivity contribution in [1.82, 2.24) is 14.7 Å². The maximum Gasteiger partial charge on any atom is 0.329 e. The van der Waals surface area contributed by atoms with Crippen LogP contribution in [0.25, 0.3) is 0 Å². The number of esters is 3. The van der Waals surface area contributed by atoms with Crippen LogP contribution in [0.5, 0.6) is 0 Å². The van der Waals surface area contributed by atoms with Crippen LogP contribution in [0.1, 0.15) is 72.1 Å². The van der Waals surface area contributed by atoms with Gasteiger partial charge in [-0.2, -0.15) is 0 Å². The Morgan fingerprint density at radius 3 is 0.797 bits per heavy atom. The topological polar surface area (TPSA) is 140 Å². The third kappa shape index (κ3) is 12.7. The summed E-state index contributed by atoms with van der Waals surface area (Å²) < 4.78 is 18.1. The van der Waals surface area contributed by atoms with Gasteiger partial charge in [-0.05, 0) is 34.4 Å². The van der Waals surface area contributed by atoms with Crippen molar-refractivity contribution in [1.29, 1.82) is 0 Å². The number of rotatable bonds is 9. The van der Waals surface area contributed by atoms with Crippen molar-refractivity contribution >= 4 is 35.6 Å². The Morgan fingerprint density at radius 2 is 0.610 bits per heavy atom. The average Bonchev–Trinajstić information content (AvgIpc) is 3.23. The lowest BCUT2D eigenvalue weighted by Crippen LogP contribution is -2.56. The molecule has 3 aromatic carbocycles. The van der Waals surface area contributed by atoms with Crippen LogP contribution in [0, 0.1) is 17.8 Å². The monoisotopic (exact) mass is 813 g/mol. The van der Waals surface area contributed by atoms with Crippen LogP contribution in [-0.2, 0) is 62.2 Å². The van der Waals surface area contributed by atoms with Crippen LogP contribution < -0.4 is 0 Å². The number of nitrogens with zero attached hydrogens (tertiary/aromatic N) is 3. The fraction of sp³-hybridized carbons (Fsp3) is 0.489. The molecule has 3 amide bonds. The molecule has 1 aliphatic heterocycles. The second-order valence-electron chi connectivity index (χ2n) is 15.8. The summed E-state index contributed by atoms with van der Waals surface area (Å²) in [7, 11) is 4.31. The molecule has 6 atom stereocenters. The van der Waals surface area contributed by atoms with Crippen LogP contribution in [0.2, 0.25) is 0 Å². The van der Waals surface area contributed by atoms with Gasteiger partial charge in [-0.1, -0.05) is 146 Å². The van der Waals surface area contributed by atoms with Crippen molar-refractivity contribution in [2.45, 2.75) is 111 Å². The maximum atomic E-state index is 14.4. The van der Waals surface area contributed by atoms with Gasteiger partial charge < -0.3 is 28.9 Å². The second kappa shape index (κ2) is 22.6. The van der Waals surface area contributed by atoms with E-state index >= 15 is 0 Å². The summed E-state index contributed by atoms with van der Waals surface area (Å²) in [5, 5.41) is 0. The van der Waals surface area contributed by atoms with Crippen LogP contribution in [0.4, 0.5) is 0 Å². The molecule has 1 saturated heterocycles. The van der Waals surface area contributed by atoms with Gasteiger partial charge in [0.15, 0.2) is 18.3 Å². The van der Waals surface area contributed by atoms with Crippen molar-refractivity contribution in [3.05, 3.63) is 108 Å². The molecule has 0 N–H and O–H groups in total. The predicted octanol–water partition coefficient (Wildman–Crippen LogP) is 5.94. The molecule has 0 aromatic heterocycles. The van der Waals surface area contributed by atoms with Gasteiger partial charge in [0.1, 0.15) is 18.1 Å². The first-order valence-corrected chi connectivity index (χ1v) is 20.5. The Labute approximate surface area is 350 Å². The number of carbonyl (C=O) groups is 6. The minimum absolute atomic E-state index is 0.0307. The minimum Gasteiger partial charge on any atom is -0.450 e. The molecule has 12 nitrogen and oxygen atoms in total. The first-order valence-electron chi connectivity index (χ1n) is 20.5. The molecule has 0 radical (unpaired) electrons. The lowest BCUT2D eigenvalue weighted by Gasteiger charge is -2.37. The second-order valence-corrected chi connectivity index (χ2v) is 15.8. The predicted molar refractivity (Wildman–Crippen MR) is 226 cm³/mol. The number of hydrogen-bond acceptors (Lipinski definition) is 9. The zero-order valence-electron chi connectivity index (χ0n) is 36.5.